The van der Waals surface area contributed by atoms with Gasteiger partial charge in [0.2, 0.25) is 6.58 Å². The van der Waals surface area contributed by atoms with Gasteiger partial charge in [-0.1, -0.05) is 12.2 Å². The molecule has 0 amide bonds. The minimum Gasteiger partial charge on any atom is -0.0917 e. The standard InChI is InChI=1S/C7H11/c1-3-5-7-6-4-2/h1,3-4,6H,5,7H2,2H3/q+1/b6-4+. The lowest BCUT2D eigenvalue weighted by Gasteiger charge is -1.74. The van der Waals surface area contributed by atoms with Gasteiger partial charge < -0.3 is 0 Å². The van der Waals surface area contributed by atoms with Crippen LogP contribution in [0.1, 0.15) is 19.8 Å². The van der Waals surface area contributed by atoms with Crippen LogP contribution in [0.15, 0.2) is 18.2 Å². The molecule has 0 fully saturated rings. The summed E-state index contributed by atoms with van der Waals surface area (Å²) in [5.74, 6) is 0. The molecule has 0 aliphatic rings. The number of hydrogen-bond acceptors (Lipinski definition) is 0. The Morgan fingerprint density at radius 3 is 2.57 bits per heavy atom. The minimum atomic E-state index is 0.990. The van der Waals surface area contributed by atoms with Crippen LogP contribution in [0.2, 0.25) is 0 Å². The molecule has 7 heavy (non-hydrogen) atoms. The van der Waals surface area contributed by atoms with Gasteiger partial charge in [-0.25, -0.2) is 0 Å². The predicted molar refractivity (Wildman–Crippen MR) is 32.9 cm³/mol. The molecule has 0 spiro atoms. The number of allylic oxidation sites excluding steroid dienone is 3. The maximum Gasteiger partial charge on any atom is 0.201 e. The van der Waals surface area contributed by atoms with Gasteiger partial charge >= 0.3 is 0 Å². The smallest absolute Gasteiger partial charge is 0.0917 e. The van der Waals surface area contributed by atoms with E-state index in [4.69, 9.17) is 6.58 Å². The highest BCUT2D eigenvalue weighted by atomic mass is 13.7. The molecule has 38 valence electrons. The monoisotopic (exact) mass is 95.1 g/mol. The van der Waals surface area contributed by atoms with Crippen molar-refractivity contribution in [3.63, 3.8) is 0 Å². The predicted octanol–water partition coefficient (Wildman–Crippen LogP) is 2.33. The Morgan fingerprint density at radius 2 is 2.14 bits per heavy atom. The SMILES string of the molecule is [CH+]=CCC/C=C/C. The molecular weight excluding hydrogens is 84.1 g/mol. The van der Waals surface area contributed by atoms with Crippen LogP contribution >= 0.6 is 0 Å². The Morgan fingerprint density at radius 1 is 1.43 bits per heavy atom. The second-order valence-corrected chi connectivity index (χ2v) is 1.38. The van der Waals surface area contributed by atoms with Gasteiger partial charge in [0.1, 0.15) is 0 Å². The van der Waals surface area contributed by atoms with Crippen LogP contribution in [0.3, 0.4) is 0 Å². The lowest BCUT2D eigenvalue weighted by Crippen LogP contribution is -1.58. The van der Waals surface area contributed by atoms with Crippen molar-refractivity contribution in [3.8, 4) is 0 Å². The second-order valence-electron chi connectivity index (χ2n) is 1.38. The summed E-state index contributed by atoms with van der Waals surface area (Å²) in [4.78, 5) is 0. The first-order valence-corrected chi connectivity index (χ1v) is 2.56. The highest BCUT2D eigenvalue weighted by Crippen LogP contribution is 1.88. The van der Waals surface area contributed by atoms with Crippen LogP contribution in [-0.4, -0.2) is 0 Å². The van der Waals surface area contributed by atoms with Crippen LogP contribution in [0.25, 0.3) is 0 Å². The van der Waals surface area contributed by atoms with E-state index in [-0.39, 0.29) is 0 Å². The van der Waals surface area contributed by atoms with Gasteiger partial charge in [0.25, 0.3) is 0 Å². The molecule has 0 aliphatic heterocycles. The summed E-state index contributed by atoms with van der Waals surface area (Å²) in [6.07, 6.45) is 7.88. The van der Waals surface area contributed by atoms with Gasteiger partial charge in [-0.2, -0.15) is 0 Å². The number of hydrogen-bond donors (Lipinski definition) is 0. The fourth-order valence-electron chi connectivity index (χ4n) is 0.359. The molecule has 0 nitrogen and oxygen atoms in total. The Hall–Kier alpha value is -0.610. The third-order valence-electron chi connectivity index (χ3n) is 0.736. The molecule has 0 heteroatoms. The van der Waals surface area contributed by atoms with E-state index in [1.807, 2.05) is 13.0 Å². The van der Waals surface area contributed by atoms with E-state index in [1.54, 1.807) is 6.08 Å². The van der Waals surface area contributed by atoms with E-state index in [1.165, 1.54) is 0 Å². The van der Waals surface area contributed by atoms with Crippen LogP contribution in [0.4, 0.5) is 0 Å². The average Bonchev–Trinajstić information content (AvgIpc) is 1.69. The maximum absolute atomic E-state index is 5.11. The lowest BCUT2D eigenvalue weighted by molar-refractivity contribution is 1.05. The van der Waals surface area contributed by atoms with Crippen LogP contribution < -0.4 is 0 Å². The Kier molecular flexibility index (Phi) is 4.92. The summed E-state index contributed by atoms with van der Waals surface area (Å²) < 4.78 is 0. The van der Waals surface area contributed by atoms with E-state index in [9.17, 15) is 0 Å². The molecule has 0 saturated carbocycles. The van der Waals surface area contributed by atoms with E-state index in [0.29, 0.717) is 0 Å². The zero-order chi connectivity index (χ0) is 5.54. The Bertz CT molecular complexity index is 60.4. The van der Waals surface area contributed by atoms with Gasteiger partial charge in [0.15, 0.2) is 6.08 Å². The Labute approximate surface area is 45.5 Å². The zero-order valence-corrected chi connectivity index (χ0v) is 4.72. The fourth-order valence-corrected chi connectivity index (χ4v) is 0.359. The first kappa shape index (κ1) is 6.39. The van der Waals surface area contributed by atoms with Gasteiger partial charge in [-0.15, -0.1) is 0 Å². The van der Waals surface area contributed by atoms with Gasteiger partial charge in [-0.05, 0) is 13.3 Å². The van der Waals surface area contributed by atoms with Gasteiger partial charge in [0, 0.05) is 6.42 Å². The molecule has 0 atom stereocenters. The molecule has 0 unspecified atom stereocenters. The summed E-state index contributed by atoms with van der Waals surface area (Å²) >= 11 is 0. The van der Waals surface area contributed by atoms with Crippen molar-refractivity contribution in [2.45, 2.75) is 19.8 Å². The summed E-state index contributed by atoms with van der Waals surface area (Å²) in [7, 11) is 0. The molecule has 0 aromatic carbocycles. The van der Waals surface area contributed by atoms with Crippen molar-refractivity contribution in [1.82, 2.24) is 0 Å². The van der Waals surface area contributed by atoms with Crippen molar-refractivity contribution in [2.75, 3.05) is 0 Å². The molecule has 0 rings (SSSR count). The van der Waals surface area contributed by atoms with Crippen LogP contribution in [0, 0.1) is 6.58 Å². The van der Waals surface area contributed by atoms with Crippen molar-refractivity contribution in [2.24, 2.45) is 0 Å². The van der Waals surface area contributed by atoms with Crippen molar-refractivity contribution in [3.05, 3.63) is 24.8 Å². The minimum absolute atomic E-state index is 0.990. The summed E-state index contributed by atoms with van der Waals surface area (Å²) in [6, 6.07) is 0. The number of rotatable bonds is 3. The normalized spacial score (nSPS) is 9.71. The first-order valence-electron chi connectivity index (χ1n) is 2.56. The lowest BCUT2D eigenvalue weighted by atomic mass is 10.3. The third kappa shape index (κ3) is 5.39. The van der Waals surface area contributed by atoms with E-state index in [0.717, 1.165) is 12.8 Å². The molecular formula is C7H11+. The van der Waals surface area contributed by atoms with E-state index >= 15 is 0 Å². The van der Waals surface area contributed by atoms with Crippen molar-refractivity contribution in [1.29, 1.82) is 0 Å². The highest BCUT2D eigenvalue weighted by molar-refractivity contribution is 4.79. The molecule has 0 aromatic heterocycles. The van der Waals surface area contributed by atoms with Crippen molar-refractivity contribution >= 4 is 0 Å². The second kappa shape index (κ2) is 5.39. The fraction of sp³-hybridized carbons (Fsp3) is 0.429. The maximum atomic E-state index is 5.11. The molecule has 0 heterocycles. The van der Waals surface area contributed by atoms with Gasteiger partial charge in [-0.3, -0.25) is 0 Å². The molecule has 0 saturated heterocycles. The quantitative estimate of drug-likeness (QED) is 0.287. The van der Waals surface area contributed by atoms with Crippen molar-refractivity contribution < 1.29 is 0 Å². The summed E-state index contributed by atoms with van der Waals surface area (Å²) in [5, 5.41) is 0. The van der Waals surface area contributed by atoms with E-state index < -0.39 is 0 Å². The molecule has 0 N–H and O–H groups in total. The van der Waals surface area contributed by atoms with Crippen LogP contribution in [0.5, 0.6) is 0 Å². The summed E-state index contributed by atoms with van der Waals surface area (Å²) in [6.45, 7) is 7.12. The highest BCUT2D eigenvalue weighted by Gasteiger charge is 1.74. The Balaban J connectivity index is 2.82. The number of unbranched alkanes of at least 4 members (excludes halogenated alkanes) is 1. The largest absolute Gasteiger partial charge is 0.201 e. The molecule has 0 bridgehead atoms. The topological polar surface area (TPSA) is 0 Å². The first-order chi connectivity index (χ1) is 3.41. The zero-order valence-electron chi connectivity index (χ0n) is 4.72. The average molecular weight is 95.2 g/mol. The molecule has 0 aliphatic carbocycles. The summed E-state index contributed by atoms with van der Waals surface area (Å²) in [5.41, 5.74) is 0. The van der Waals surface area contributed by atoms with E-state index in [2.05, 4.69) is 6.08 Å². The van der Waals surface area contributed by atoms with Gasteiger partial charge in [0.05, 0.1) is 0 Å². The van der Waals surface area contributed by atoms with Crippen LogP contribution in [-0.2, 0) is 0 Å². The molecule has 0 radical (unpaired) electrons. The molecule has 0 aromatic rings. The third-order valence-corrected chi connectivity index (χ3v) is 0.736.